The van der Waals surface area contributed by atoms with Gasteiger partial charge in [0.05, 0.1) is 7.11 Å². The summed E-state index contributed by atoms with van der Waals surface area (Å²) in [5.41, 5.74) is 3.52. The van der Waals surface area contributed by atoms with Gasteiger partial charge in [-0.25, -0.2) is 0 Å². The summed E-state index contributed by atoms with van der Waals surface area (Å²) >= 11 is 0. The second-order valence-corrected chi connectivity index (χ2v) is 5.80. The molecule has 0 unspecified atom stereocenters. The number of amides is 1. The third kappa shape index (κ3) is 5.30. The number of methoxy groups -OCH3 is 1. The van der Waals surface area contributed by atoms with E-state index in [1.54, 1.807) is 7.11 Å². The van der Waals surface area contributed by atoms with E-state index >= 15 is 0 Å². The fourth-order valence-electron chi connectivity index (χ4n) is 2.42. The average Bonchev–Trinajstić information content (AvgIpc) is 2.60. The average molecular weight is 327 g/mol. The molecule has 128 valence electrons. The van der Waals surface area contributed by atoms with E-state index in [2.05, 4.69) is 5.32 Å². The first-order chi connectivity index (χ1) is 11.6. The standard InChI is InChI=1S/C20H25NO3/c1-15-10-11-18(13-16(15)2)24-14-20(22)21-12-6-8-17-7-4-5-9-19(17)23-3/h4-5,7,9-11,13H,6,8,12,14H2,1-3H3,(H,21,22). The number of ether oxygens (including phenoxy) is 2. The molecular formula is C20H25NO3. The Labute approximate surface area is 143 Å². The molecule has 0 atom stereocenters. The Morgan fingerprint density at radius 3 is 2.62 bits per heavy atom. The topological polar surface area (TPSA) is 47.6 Å². The lowest BCUT2D eigenvalue weighted by atomic mass is 10.1. The highest BCUT2D eigenvalue weighted by molar-refractivity contribution is 5.77. The lowest BCUT2D eigenvalue weighted by Gasteiger charge is -2.10. The number of para-hydroxylation sites is 1. The third-order valence-corrected chi connectivity index (χ3v) is 3.99. The molecule has 0 spiro atoms. The van der Waals surface area contributed by atoms with Gasteiger partial charge >= 0.3 is 0 Å². The normalized spacial score (nSPS) is 10.3. The minimum absolute atomic E-state index is 0.0388. The van der Waals surface area contributed by atoms with Crippen LogP contribution in [0.1, 0.15) is 23.1 Å². The molecule has 2 rings (SSSR count). The van der Waals surface area contributed by atoms with Gasteiger partial charge in [0.25, 0.3) is 5.91 Å². The van der Waals surface area contributed by atoms with Crippen molar-refractivity contribution in [2.75, 3.05) is 20.3 Å². The van der Waals surface area contributed by atoms with Crippen molar-refractivity contribution in [2.24, 2.45) is 0 Å². The van der Waals surface area contributed by atoms with Gasteiger partial charge in [0, 0.05) is 6.54 Å². The van der Waals surface area contributed by atoms with E-state index in [0.717, 1.165) is 35.5 Å². The number of hydrogen-bond acceptors (Lipinski definition) is 3. The van der Waals surface area contributed by atoms with Gasteiger partial charge in [-0.3, -0.25) is 4.79 Å². The summed E-state index contributed by atoms with van der Waals surface area (Å²) in [5.74, 6) is 1.51. The van der Waals surface area contributed by atoms with Crippen LogP contribution in [0.25, 0.3) is 0 Å². The summed E-state index contributed by atoms with van der Waals surface area (Å²) in [6, 6.07) is 13.8. The van der Waals surface area contributed by atoms with Crippen molar-refractivity contribution in [1.29, 1.82) is 0 Å². The molecule has 2 aromatic rings. The van der Waals surface area contributed by atoms with Crippen LogP contribution in [-0.4, -0.2) is 26.2 Å². The maximum absolute atomic E-state index is 11.8. The molecular weight excluding hydrogens is 302 g/mol. The molecule has 0 radical (unpaired) electrons. The molecule has 0 aliphatic carbocycles. The molecule has 4 heteroatoms. The van der Waals surface area contributed by atoms with Gasteiger partial charge in [-0.2, -0.15) is 0 Å². The van der Waals surface area contributed by atoms with Gasteiger partial charge in [0.1, 0.15) is 11.5 Å². The number of nitrogens with one attached hydrogen (secondary N) is 1. The molecule has 0 aromatic heterocycles. The molecule has 1 amide bonds. The lowest BCUT2D eigenvalue weighted by molar-refractivity contribution is -0.123. The molecule has 2 aromatic carbocycles. The van der Waals surface area contributed by atoms with Crippen LogP contribution in [0.2, 0.25) is 0 Å². The molecule has 0 saturated heterocycles. The van der Waals surface area contributed by atoms with Crippen LogP contribution in [0, 0.1) is 13.8 Å². The van der Waals surface area contributed by atoms with E-state index in [9.17, 15) is 4.79 Å². The highest BCUT2D eigenvalue weighted by Gasteiger charge is 2.05. The van der Waals surface area contributed by atoms with Crippen molar-refractivity contribution in [3.63, 3.8) is 0 Å². The zero-order valence-corrected chi connectivity index (χ0v) is 14.6. The SMILES string of the molecule is COc1ccccc1CCCNC(=O)COc1ccc(C)c(C)c1. The zero-order chi connectivity index (χ0) is 17.4. The maximum atomic E-state index is 11.8. The van der Waals surface area contributed by atoms with Crippen LogP contribution in [0.3, 0.4) is 0 Å². The van der Waals surface area contributed by atoms with Crippen molar-refractivity contribution < 1.29 is 14.3 Å². The highest BCUT2D eigenvalue weighted by Crippen LogP contribution is 2.18. The van der Waals surface area contributed by atoms with Gasteiger partial charge in [-0.1, -0.05) is 24.3 Å². The van der Waals surface area contributed by atoms with Gasteiger partial charge in [0.2, 0.25) is 0 Å². The first-order valence-electron chi connectivity index (χ1n) is 8.19. The monoisotopic (exact) mass is 327 g/mol. The fraction of sp³-hybridized carbons (Fsp3) is 0.350. The van der Waals surface area contributed by atoms with E-state index in [1.165, 1.54) is 5.56 Å². The van der Waals surface area contributed by atoms with E-state index in [1.807, 2.05) is 56.3 Å². The minimum Gasteiger partial charge on any atom is -0.496 e. The lowest BCUT2D eigenvalue weighted by Crippen LogP contribution is -2.29. The Kier molecular flexibility index (Phi) is 6.67. The summed E-state index contributed by atoms with van der Waals surface area (Å²) in [5, 5.41) is 2.88. The smallest absolute Gasteiger partial charge is 0.257 e. The van der Waals surface area contributed by atoms with E-state index in [4.69, 9.17) is 9.47 Å². The molecule has 0 fully saturated rings. The highest BCUT2D eigenvalue weighted by atomic mass is 16.5. The molecule has 24 heavy (non-hydrogen) atoms. The second kappa shape index (κ2) is 8.96. The van der Waals surface area contributed by atoms with Crippen LogP contribution < -0.4 is 14.8 Å². The predicted molar refractivity (Wildman–Crippen MR) is 95.7 cm³/mol. The Balaban J connectivity index is 1.69. The Hall–Kier alpha value is -2.49. The van der Waals surface area contributed by atoms with Crippen molar-refractivity contribution in [1.82, 2.24) is 5.32 Å². The molecule has 1 N–H and O–H groups in total. The summed E-state index contributed by atoms with van der Waals surface area (Å²) < 4.78 is 10.8. The van der Waals surface area contributed by atoms with Crippen molar-refractivity contribution >= 4 is 5.91 Å². The van der Waals surface area contributed by atoms with Crippen LogP contribution in [-0.2, 0) is 11.2 Å². The minimum atomic E-state index is -0.103. The number of benzene rings is 2. The zero-order valence-electron chi connectivity index (χ0n) is 14.6. The Morgan fingerprint density at radius 1 is 1.08 bits per heavy atom. The number of carbonyl (C=O) groups excluding carboxylic acids is 1. The number of carbonyl (C=O) groups is 1. The van der Waals surface area contributed by atoms with Gasteiger partial charge in [0.15, 0.2) is 6.61 Å². The number of aryl methyl sites for hydroxylation is 3. The van der Waals surface area contributed by atoms with Crippen LogP contribution in [0.5, 0.6) is 11.5 Å². The second-order valence-electron chi connectivity index (χ2n) is 5.80. The van der Waals surface area contributed by atoms with Gasteiger partial charge < -0.3 is 14.8 Å². The van der Waals surface area contributed by atoms with Crippen LogP contribution in [0.15, 0.2) is 42.5 Å². The van der Waals surface area contributed by atoms with Gasteiger partial charge in [-0.15, -0.1) is 0 Å². The summed E-state index contributed by atoms with van der Waals surface area (Å²) in [6.07, 6.45) is 1.72. The first kappa shape index (κ1) is 17.9. The van der Waals surface area contributed by atoms with Crippen molar-refractivity contribution in [3.8, 4) is 11.5 Å². The Morgan fingerprint density at radius 2 is 1.88 bits per heavy atom. The van der Waals surface area contributed by atoms with E-state index in [-0.39, 0.29) is 12.5 Å². The number of rotatable bonds is 8. The Bertz CT molecular complexity index is 682. The van der Waals surface area contributed by atoms with Crippen molar-refractivity contribution in [2.45, 2.75) is 26.7 Å². The maximum Gasteiger partial charge on any atom is 0.257 e. The summed E-state index contributed by atoms with van der Waals surface area (Å²) in [7, 11) is 1.67. The third-order valence-electron chi connectivity index (χ3n) is 3.99. The quantitative estimate of drug-likeness (QED) is 0.756. The largest absolute Gasteiger partial charge is 0.496 e. The molecule has 0 aliphatic heterocycles. The first-order valence-corrected chi connectivity index (χ1v) is 8.19. The molecule has 4 nitrogen and oxygen atoms in total. The molecule has 0 heterocycles. The molecule has 0 bridgehead atoms. The van der Waals surface area contributed by atoms with Crippen LogP contribution >= 0.6 is 0 Å². The summed E-state index contributed by atoms with van der Waals surface area (Å²) in [6.45, 7) is 4.73. The van der Waals surface area contributed by atoms with E-state index < -0.39 is 0 Å². The predicted octanol–water partition coefficient (Wildman–Crippen LogP) is 3.44. The summed E-state index contributed by atoms with van der Waals surface area (Å²) in [4.78, 5) is 11.8. The van der Waals surface area contributed by atoms with Crippen LogP contribution in [0.4, 0.5) is 0 Å². The van der Waals surface area contributed by atoms with Crippen molar-refractivity contribution in [3.05, 3.63) is 59.2 Å². The van der Waals surface area contributed by atoms with Gasteiger partial charge in [-0.05, 0) is 61.6 Å². The number of hydrogen-bond donors (Lipinski definition) is 1. The molecule has 0 aliphatic rings. The molecule has 0 saturated carbocycles. The van der Waals surface area contributed by atoms with E-state index in [0.29, 0.717) is 6.54 Å². The fourth-order valence-corrected chi connectivity index (χ4v) is 2.42.